The van der Waals surface area contributed by atoms with Crippen molar-refractivity contribution in [1.82, 2.24) is 15.5 Å². The average molecular weight is 446 g/mol. The van der Waals surface area contributed by atoms with E-state index in [1.54, 1.807) is 0 Å². The number of hydrogen-bond donors (Lipinski definition) is 4. The summed E-state index contributed by atoms with van der Waals surface area (Å²) in [5.74, 6) is 1.63. The molecule has 0 spiro atoms. The topological polar surface area (TPSA) is 103 Å². The van der Waals surface area contributed by atoms with Crippen LogP contribution in [0.5, 0.6) is 0 Å². The monoisotopic (exact) mass is 445 g/mol. The van der Waals surface area contributed by atoms with Crippen molar-refractivity contribution in [3.8, 4) is 0 Å². The number of amides is 1. The number of primary amides is 1. The third kappa shape index (κ3) is 9.57. The number of benzene rings is 1. The minimum Gasteiger partial charge on any atom is -0.396 e. The maximum atomic E-state index is 11.5. The van der Waals surface area contributed by atoms with E-state index in [4.69, 9.17) is 10.7 Å². The molecule has 7 heteroatoms. The SMILES string of the molecule is CCNC(=NCc1cccc(CN2CCCC(C(N)=O)C2)c1)NCC(CCO)CC(C)C. The lowest BCUT2D eigenvalue weighted by Gasteiger charge is -2.31. The molecular weight excluding hydrogens is 402 g/mol. The number of carbonyl (C=O) groups excluding carboxylic acids is 1. The summed E-state index contributed by atoms with van der Waals surface area (Å²) in [6.07, 6.45) is 3.81. The molecule has 1 amide bonds. The zero-order valence-corrected chi connectivity index (χ0v) is 20.1. The molecule has 2 rings (SSSR count). The van der Waals surface area contributed by atoms with Gasteiger partial charge < -0.3 is 21.5 Å². The Morgan fingerprint density at radius 2 is 2.09 bits per heavy atom. The summed E-state index contributed by atoms with van der Waals surface area (Å²) >= 11 is 0. The van der Waals surface area contributed by atoms with Gasteiger partial charge in [0.25, 0.3) is 0 Å². The Hall–Kier alpha value is -2.12. The van der Waals surface area contributed by atoms with Crippen molar-refractivity contribution >= 4 is 11.9 Å². The lowest BCUT2D eigenvalue weighted by Crippen LogP contribution is -2.40. The fourth-order valence-corrected chi connectivity index (χ4v) is 4.42. The number of piperidine rings is 1. The highest BCUT2D eigenvalue weighted by Crippen LogP contribution is 2.19. The number of rotatable bonds is 12. The van der Waals surface area contributed by atoms with E-state index >= 15 is 0 Å². The first-order chi connectivity index (χ1) is 15.4. The standard InChI is InChI=1S/C25H43N5O2/c1-4-27-25(29-16-21(10-12-31)13-19(2)3)28-15-20-7-5-8-22(14-20)17-30-11-6-9-23(18-30)24(26)32/h5,7-8,14,19,21,23,31H,4,6,9-13,15-18H2,1-3H3,(H2,26,32)(H2,27,28,29). The Balaban J connectivity index is 1.95. The van der Waals surface area contributed by atoms with Crippen molar-refractivity contribution in [2.75, 3.05) is 32.8 Å². The fourth-order valence-electron chi connectivity index (χ4n) is 4.42. The molecule has 1 aliphatic rings. The van der Waals surface area contributed by atoms with Crippen LogP contribution in [0.2, 0.25) is 0 Å². The van der Waals surface area contributed by atoms with Crippen LogP contribution in [0.4, 0.5) is 0 Å². The smallest absolute Gasteiger partial charge is 0.221 e. The number of guanidine groups is 1. The highest BCUT2D eigenvalue weighted by molar-refractivity contribution is 5.79. The molecule has 1 aromatic rings. The second kappa shape index (κ2) is 14.1. The molecule has 2 atom stereocenters. The highest BCUT2D eigenvalue weighted by atomic mass is 16.3. The van der Waals surface area contributed by atoms with Gasteiger partial charge in [0.15, 0.2) is 5.96 Å². The van der Waals surface area contributed by atoms with Crippen molar-refractivity contribution in [2.24, 2.45) is 28.5 Å². The third-order valence-electron chi connectivity index (χ3n) is 5.97. The molecule has 5 N–H and O–H groups in total. The van der Waals surface area contributed by atoms with Crippen LogP contribution in [0.25, 0.3) is 0 Å². The van der Waals surface area contributed by atoms with Gasteiger partial charge in [0.2, 0.25) is 5.91 Å². The van der Waals surface area contributed by atoms with E-state index in [0.29, 0.717) is 18.4 Å². The number of aliphatic hydroxyl groups is 1. The molecule has 0 aromatic heterocycles. The summed E-state index contributed by atoms with van der Waals surface area (Å²) in [6.45, 7) is 11.5. The van der Waals surface area contributed by atoms with E-state index in [1.165, 1.54) is 5.56 Å². The van der Waals surface area contributed by atoms with E-state index in [0.717, 1.165) is 69.9 Å². The first-order valence-corrected chi connectivity index (χ1v) is 12.1. The molecule has 0 bridgehead atoms. The zero-order valence-electron chi connectivity index (χ0n) is 20.1. The number of hydrogen-bond acceptors (Lipinski definition) is 4. The molecular formula is C25H43N5O2. The van der Waals surface area contributed by atoms with Gasteiger partial charge in [-0.05, 0) is 62.1 Å². The zero-order chi connectivity index (χ0) is 23.3. The van der Waals surface area contributed by atoms with E-state index in [-0.39, 0.29) is 18.4 Å². The van der Waals surface area contributed by atoms with Gasteiger partial charge in [0, 0.05) is 32.8 Å². The molecule has 1 heterocycles. The van der Waals surface area contributed by atoms with Gasteiger partial charge in [-0.3, -0.25) is 9.69 Å². The lowest BCUT2D eigenvalue weighted by atomic mass is 9.94. The molecule has 0 aliphatic carbocycles. The molecule has 2 unspecified atom stereocenters. The second-order valence-corrected chi connectivity index (χ2v) is 9.38. The molecule has 1 aliphatic heterocycles. The molecule has 1 fully saturated rings. The summed E-state index contributed by atoms with van der Waals surface area (Å²) in [5, 5.41) is 16.1. The van der Waals surface area contributed by atoms with Gasteiger partial charge >= 0.3 is 0 Å². The van der Waals surface area contributed by atoms with Gasteiger partial charge in [0.1, 0.15) is 0 Å². The summed E-state index contributed by atoms with van der Waals surface area (Å²) < 4.78 is 0. The number of aliphatic hydroxyl groups excluding tert-OH is 1. The number of nitrogens with two attached hydrogens (primary N) is 1. The van der Waals surface area contributed by atoms with E-state index in [2.05, 4.69) is 60.6 Å². The number of nitrogens with zero attached hydrogens (tertiary/aromatic N) is 2. The second-order valence-electron chi connectivity index (χ2n) is 9.38. The fraction of sp³-hybridized carbons (Fsp3) is 0.680. The van der Waals surface area contributed by atoms with E-state index in [1.807, 2.05) is 0 Å². The molecule has 0 saturated carbocycles. The van der Waals surface area contributed by atoms with E-state index in [9.17, 15) is 9.90 Å². The van der Waals surface area contributed by atoms with Crippen LogP contribution in [0.1, 0.15) is 57.6 Å². The molecule has 1 aromatic carbocycles. The van der Waals surface area contributed by atoms with Gasteiger partial charge in [-0.2, -0.15) is 0 Å². The largest absolute Gasteiger partial charge is 0.396 e. The van der Waals surface area contributed by atoms with Crippen molar-refractivity contribution < 1.29 is 9.90 Å². The van der Waals surface area contributed by atoms with Crippen molar-refractivity contribution in [1.29, 1.82) is 0 Å². The quantitative estimate of drug-likeness (QED) is 0.292. The van der Waals surface area contributed by atoms with Crippen molar-refractivity contribution in [3.63, 3.8) is 0 Å². The van der Waals surface area contributed by atoms with Gasteiger partial charge in [-0.15, -0.1) is 0 Å². The summed E-state index contributed by atoms with van der Waals surface area (Å²) in [6, 6.07) is 8.52. The van der Waals surface area contributed by atoms with Crippen LogP contribution in [0.3, 0.4) is 0 Å². The Bertz CT molecular complexity index is 722. The van der Waals surface area contributed by atoms with Crippen LogP contribution < -0.4 is 16.4 Å². The molecule has 180 valence electrons. The lowest BCUT2D eigenvalue weighted by molar-refractivity contribution is -0.123. The van der Waals surface area contributed by atoms with Crippen LogP contribution in [0, 0.1) is 17.8 Å². The molecule has 32 heavy (non-hydrogen) atoms. The minimum absolute atomic E-state index is 0.0318. The summed E-state index contributed by atoms with van der Waals surface area (Å²) in [5.41, 5.74) is 7.92. The van der Waals surface area contributed by atoms with Crippen LogP contribution in [0.15, 0.2) is 29.3 Å². The molecule has 0 radical (unpaired) electrons. The molecule has 7 nitrogen and oxygen atoms in total. The van der Waals surface area contributed by atoms with Crippen LogP contribution in [-0.4, -0.2) is 54.7 Å². The Labute approximate surface area is 193 Å². The number of carbonyl (C=O) groups is 1. The maximum absolute atomic E-state index is 11.5. The summed E-state index contributed by atoms with van der Waals surface area (Å²) in [4.78, 5) is 18.6. The first-order valence-electron chi connectivity index (χ1n) is 12.1. The third-order valence-corrected chi connectivity index (χ3v) is 5.97. The van der Waals surface area contributed by atoms with Crippen LogP contribution >= 0.6 is 0 Å². The van der Waals surface area contributed by atoms with Crippen LogP contribution in [-0.2, 0) is 17.9 Å². The Morgan fingerprint density at radius 3 is 2.78 bits per heavy atom. The van der Waals surface area contributed by atoms with E-state index < -0.39 is 0 Å². The molecule has 1 saturated heterocycles. The van der Waals surface area contributed by atoms with Gasteiger partial charge in [-0.1, -0.05) is 38.1 Å². The minimum atomic E-state index is -0.184. The predicted octanol–water partition coefficient (Wildman–Crippen LogP) is 2.48. The van der Waals surface area contributed by atoms with Gasteiger partial charge in [0.05, 0.1) is 12.5 Å². The summed E-state index contributed by atoms with van der Waals surface area (Å²) in [7, 11) is 0. The van der Waals surface area contributed by atoms with Gasteiger partial charge in [-0.25, -0.2) is 4.99 Å². The number of nitrogens with one attached hydrogen (secondary N) is 2. The normalized spacial score (nSPS) is 18.5. The van der Waals surface area contributed by atoms with Crippen molar-refractivity contribution in [3.05, 3.63) is 35.4 Å². The maximum Gasteiger partial charge on any atom is 0.221 e. The predicted molar refractivity (Wildman–Crippen MR) is 131 cm³/mol. The van der Waals surface area contributed by atoms with Crippen molar-refractivity contribution in [2.45, 2.75) is 59.5 Å². The Morgan fingerprint density at radius 1 is 1.31 bits per heavy atom. The number of likely N-dealkylation sites (tertiary alicyclic amines) is 1. The first kappa shape index (κ1) is 26.1. The Kier molecular flexibility index (Phi) is 11.5. The highest BCUT2D eigenvalue weighted by Gasteiger charge is 2.23. The number of aliphatic imine (C=N–C) groups is 1. The average Bonchev–Trinajstić information content (AvgIpc) is 2.76.